The van der Waals surface area contributed by atoms with Gasteiger partial charge in [0.25, 0.3) is 0 Å². The summed E-state index contributed by atoms with van der Waals surface area (Å²) in [7, 11) is 1.35. The summed E-state index contributed by atoms with van der Waals surface area (Å²) in [6, 6.07) is 17.4. The molecule has 2 aliphatic rings. The van der Waals surface area contributed by atoms with Crippen LogP contribution in [-0.2, 0) is 4.74 Å². The molecule has 1 aliphatic heterocycles. The lowest BCUT2D eigenvalue weighted by molar-refractivity contribution is 0.0600. The first-order valence-corrected chi connectivity index (χ1v) is 9.43. The van der Waals surface area contributed by atoms with Crippen LogP contribution in [0.1, 0.15) is 34.7 Å². The van der Waals surface area contributed by atoms with Crippen molar-refractivity contribution in [1.29, 1.82) is 0 Å². The zero-order valence-electron chi connectivity index (χ0n) is 15.4. The number of methoxy groups -OCH3 is 1. The fourth-order valence-electron chi connectivity index (χ4n) is 4.47. The normalized spacial score (nSPS) is 23.7. The Morgan fingerprint density at radius 1 is 0.963 bits per heavy atom. The lowest BCUT2D eigenvalue weighted by Crippen LogP contribution is -2.33. The molecule has 2 fully saturated rings. The third-order valence-electron chi connectivity index (χ3n) is 5.87. The molecule has 1 saturated carbocycles. The van der Waals surface area contributed by atoms with Crippen LogP contribution in [0.3, 0.4) is 0 Å². The van der Waals surface area contributed by atoms with Gasteiger partial charge in [0.2, 0.25) is 0 Å². The number of ether oxygens (including phenoxy) is 1. The number of amides is 2. The Morgan fingerprint density at radius 2 is 1.59 bits per heavy atom. The summed E-state index contributed by atoms with van der Waals surface area (Å²) in [5, 5.41) is 2.94. The van der Waals surface area contributed by atoms with Crippen molar-refractivity contribution in [2.45, 2.75) is 18.8 Å². The Morgan fingerprint density at radius 3 is 2.19 bits per heavy atom. The monoisotopic (exact) mass is 364 g/mol. The average molecular weight is 364 g/mol. The van der Waals surface area contributed by atoms with Gasteiger partial charge in [0.1, 0.15) is 0 Å². The van der Waals surface area contributed by atoms with Crippen molar-refractivity contribution in [3.8, 4) is 0 Å². The van der Waals surface area contributed by atoms with Crippen LogP contribution in [0.4, 0.5) is 10.5 Å². The zero-order chi connectivity index (χ0) is 18.8. The molecular formula is C22H24N2O3. The Kier molecular flexibility index (Phi) is 4.84. The molecule has 2 aromatic carbocycles. The van der Waals surface area contributed by atoms with Crippen LogP contribution in [0.5, 0.6) is 0 Å². The summed E-state index contributed by atoms with van der Waals surface area (Å²) in [5.41, 5.74) is 2.58. The van der Waals surface area contributed by atoms with Gasteiger partial charge in [0, 0.05) is 18.8 Å². The van der Waals surface area contributed by atoms with Crippen molar-refractivity contribution in [3.05, 3.63) is 65.7 Å². The summed E-state index contributed by atoms with van der Waals surface area (Å²) in [5.74, 6) is 1.41. The number of fused-ring (bicyclic) bond motifs is 1. The van der Waals surface area contributed by atoms with E-state index in [1.54, 1.807) is 24.3 Å². The molecule has 27 heavy (non-hydrogen) atoms. The quantitative estimate of drug-likeness (QED) is 0.833. The number of carbonyl (C=O) groups is 2. The van der Waals surface area contributed by atoms with Crippen LogP contribution in [0.15, 0.2) is 54.6 Å². The summed E-state index contributed by atoms with van der Waals surface area (Å²) in [4.78, 5) is 26.0. The minimum Gasteiger partial charge on any atom is -0.465 e. The Hall–Kier alpha value is -2.82. The molecule has 1 heterocycles. The molecule has 2 amide bonds. The number of likely N-dealkylation sites (tertiary alicyclic amines) is 1. The van der Waals surface area contributed by atoms with Gasteiger partial charge in [0.15, 0.2) is 0 Å². The van der Waals surface area contributed by atoms with Gasteiger partial charge in [-0.25, -0.2) is 9.59 Å². The molecule has 1 saturated heterocycles. The Labute approximate surface area is 159 Å². The second kappa shape index (κ2) is 7.43. The number of hydrogen-bond acceptors (Lipinski definition) is 3. The van der Waals surface area contributed by atoms with Gasteiger partial charge < -0.3 is 15.0 Å². The third kappa shape index (κ3) is 3.68. The fourth-order valence-corrected chi connectivity index (χ4v) is 4.47. The van der Waals surface area contributed by atoms with E-state index in [0.717, 1.165) is 25.9 Å². The highest BCUT2D eigenvalue weighted by Crippen LogP contribution is 2.46. The number of carbonyl (C=O) groups excluding carboxylic acids is 2. The first-order valence-electron chi connectivity index (χ1n) is 9.43. The van der Waals surface area contributed by atoms with Crippen molar-refractivity contribution in [1.82, 2.24) is 4.90 Å². The second-order valence-electron chi connectivity index (χ2n) is 7.50. The van der Waals surface area contributed by atoms with Crippen LogP contribution in [0.2, 0.25) is 0 Å². The van der Waals surface area contributed by atoms with E-state index in [-0.39, 0.29) is 12.0 Å². The largest absolute Gasteiger partial charge is 0.465 e. The highest BCUT2D eigenvalue weighted by atomic mass is 16.5. The molecule has 0 aromatic heterocycles. The molecule has 0 spiro atoms. The van der Waals surface area contributed by atoms with Crippen LogP contribution >= 0.6 is 0 Å². The van der Waals surface area contributed by atoms with Gasteiger partial charge in [0.05, 0.1) is 12.7 Å². The van der Waals surface area contributed by atoms with Crippen LogP contribution in [-0.4, -0.2) is 37.1 Å². The summed E-state index contributed by atoms with van der Waals surface area (Å²) in [6.07, 6.45) is 2.32. The van der Waals surface area contributed by atoms with Crippen molar-refractivity contribution in [2.75, 3.05) is 25.5 Å². The molecular weight excluding hydrogens is 340 g/mol. The molecule has 140 valence electrons. The highest BCUT2D eigenvalue weighted by molar-refractivity contribution is 5.92. The molecule has 2 aromatic rings. The van der Waals surface area contributed by atoms with Gasteiger partial charge >= 0.3 is 12.0 Å². The fraction of sp³-hybridized carbons (Fsp3) is 0.364. The number of nitrogens with one attached hydrogen (secondary N) is 1. The van der Waals surface area contributed by atoms with Crippen molar-refractivity contribution < 1.29 is 14.3 Å². The second-order valence-corrected chi connectivity index (χ2v) is 7.50. The maximum atomic E-state index is 12.6. The summed E-state index contributed by atoms with van der Waals surface area (Å²) < 4.78 is 4.69. The molecule has 1 unspecified atom stereocenters. The van der Waals surface area contributed by atoms with E-state index in [9.17, 15) is 9.59 Å². The summed E-state index contributed by atoms with van der Waals surface area (Å²) in [6.45, 7) is 1.64. The SMILES string of the molecule is COC(=O)c1ccc(NC(=O)N2C[C@H]3CC(c4ccccc4)C[C@H]3C2)cc1. The molecule has 4 rings (SSSR count). The zero-order valence-corrected chi connectivity index (χ0v) is 15.4. The maximum Gasteiger partial charge on any atom is 0.337 e. The van der Waals surface area contributed by atoms with E-state index in [2.05, 4.69) is 40.4 Å². The summed E-state index contributed by atoms with van der Waals surface area (Å²) >= 11 is 0. The number of urea groups is 1. The number of hydrogen-bond donors (Lipinski definition) is 1. The number of nitrogens with zero attached hydrogens (tertiary/aromatic N) is 1. The molecule has 5 nitrogen and oxygen atoms in total. The Balaban J connectivity index is 1.33. The predicted octanol–water partition coefficient (Wildman–Crippen LogP) is 4.13. The molecule has 5 heteroatoms. The highest BCUT2D eigenvalue weighted by Gasteiger charge is 2.42. The topological polar surface area (TPSA) is 58.6 Å². The van der Waals surface area contributed by atoms with E-state index in [1.165, 1.54) is 12.7 Å². The predicted molar refractivity (Wildman–Crippen MR) is 104 cm³/mol. The molecule has 0 radical (unpaired) electrons. The first-order chi connectivity index (χ1) is 13.1. The smallest absolute Gasteiger partial charge is 0.337 e. The van der Waals surface area contributed by atoms with E-state index in [4.69, 9.17) is 0 Å². The van der Waals surface area contributed by atoms with Gasteiger partial charge in [-0.2, -0.15) is 0 Å². The Bertz CT molecular complexity index is 805. The van der Waals surface area contributed by atoms with Crippen LogP contribution < -0.4 is 5.32 Å². The van der Waals surface area contributed by atoms with E-state index < -0.39 is 0 Å². The van der Waals surface area contributed by atoms with Crippen LogP contribution in [0.25, 0.3) is 0 Å². The van der Waals surface area contributed by atoms with Gasteiger partial charge in [-0.1, -0.05) is 30.3 Å². The van der Waals surface area contributed by atoms with Crippen molar-refractivity contribution in [2.24, 2.45) is 11.8 Å². The minimum atomic E-state index is -0.381. The lowest BCUT2D eigenvalue weighted by Gasteiger charge is -2.20. The first kappa shape index (κ1) is 17.6. The number of esters is 1. The molecule has 0 bridgehead atoms. The van der Waals surface area contributed by atoms with E-state index >= 15 is 0 Å². The molecule has 1 aliphatic carbocycles. The third-order valence-corrected chi connectivity index (χ3v) is 5.87. The molecule has 1 N–H and O–H groups in total. The van der Waals surface area contributed by atoms with Crippen molar-refractivity contribution >= 4 is 17.7 Å². The molecule has 3 atom stereocenters. The minimum absolute atomic E-state index is 0.0634. The van der Waals surface area contributed by atoms with Gasteiger partial charge in [-0.05, 0) is 60.4 Å². The standard InChI is InChI=1S/C22H24N2O3/c1-27-21(25)16-7-9-20(10-8-16)23-22(26)24-13-18-11-17(12-19(18)14-24)15-5-3-2-4-6-15/h2-10,17-19H,11-14H2,1H3,(H,23,26)/t17?,18-,19+. The number of benzene rings is 2. The van der Waals surface area contributed by atoms with E-state index in [0.29, 0.717) is 29.0 Å². The average Bonchev–Trinajstić information content (AvgIpc) is 3.28. The van der Waals surface area contributed by atoms with Crippen molar-refractivity contribution in [3.63, 3.8) is 0 Å². The van der Waals surface area contributed by atoms with Gasteiger partial charge in [-0.15, -0.1) is 0 Å². The van der Waals surface area contributed by atoms with Crippen LogP contribution in [0, 0.1) is 11.8 Å². The number of rotatable bonds is 3. The maximum absolute atomic E-state index is 12.6. The van der Waals surface area contributed by atoms with Gasteiger partial charge in [-0.3, -0.25) is 0 Å². The number of anilines is 1. The lowest BCUT2D eigenvalue weighted by atomic mass is 9.96. The van der Waals surface area contributed by atoms with E-state index in [1.807, 2.05) is 4.90 Å².